The summed E-state index contributed by atoms with van der Waals surface area (Å²) in [5, 5.41) is 2.73. The van der Waals surface area contributed by atoms with Gasteiger partial charge in [0.25, 0.3) is 11.8 Å². The van der Waals surface area contributed by atoms with Crippen molar-refractivity contribution < 1.29 is 27.6 Å². The molecule has 1 spiro atoms. The topological polar surface area (TPSA) is 138 Å². The highest BCUT2D eigenvalue weighted by Crippen LogP contribution is 2.44. The third-order valence-electron chi connectivity index (χ3n) is 13.8. The van der Waals surface area contributed by atoms with E-state index in [1.807, 2.05) is 30.3 Å². The van der Waals surface area contributed by atoms with Crippen LogP contribution in [-0.4, -0.2) is 124 Å². The largest absolute Gasteiger partial charge is 0.371 e. The molecule has 314 valence electrons. The van der Waals surface area contributed by atoms with Crippen molar-refractivity contribution in [2.45, 2.75) is 55.9 Å². The summed E-state index contributed by atoms with van der Waals surface area (Å²) in [6.07, 6.45) is 5.35. The maximum atomic E-state index is 13.7. The number of carbonyl (C=O) groups excluding carboxylic acids is 4. The van der Waals surface area contributed by atoms with Crippen molar-refractivity contribution in [3.05, 3.63) is 88.2 Å². The molecule has 0 bridgehead atoms. The molecule has 1 unspecified atom stereocenters. The number of piperidine rings is 3. The van der Waals surface area contributed by atoms with Crippen molar-refractivity contribution >= 4 is 68.0 Å². The monoisotopic (exact) mass is 852 g/mol. The van der Waals surface area contributed by atoms with Gasteiger partial charge in [-0.05, 0) is 104 Å². The lowest BCUT2D eigenvalue weighted by atomic mass is 9.77. The summed E-state index contributed by atoms with van der Waals surface area (Å²) in [6, 6.07) is 17.4. The van der Waals surface area contributed by atoms with Crippen molar-refractivity contribution in [3.8, 4) is 0 Å². The minimum absolute atomic E-state index is 0.0801. The summed E-state index contributed by atoms with van der Waals surface area (Å²) in [6.45, 7) is 15.8. The van der Waals surface area contributed by atoms with Crippen molar-refractivity contribution in [3.63, 3.8) is 0 Å². The number of carbonyl (C=O) groups is 4. The lowest BCUT2D eigenvalue weighted by molar-refractivity contribution is -0.136. The minimum atomic E-state index is -3.62. The molecule has 60 heavy (non-hydrogen) atoms. The average molecular weight is 853 g/mol. The molecule has 9 rings (SSSR count). The Morgan fingerprint density at radius 1 is 0.717 bits per heavy atom. The molecular formula is C44H49ClN8O6S. The third-order valence-corrected chi connectivity index (χ3v) is 16.0. The maximum Gasteiger partial charge on any atom is 0.262 e. The number of sulfonamides is 1. The minimum Gasteiger partial charge on any atom is -0.371 e. The molecule has 16 heteroatoms. The standard InChI is InChI=1S/C44H49ClN8O6S/c1-46-38-9-5-33(27-37(38)45)51-21-16-44(29-51)14-19-50(20-15-44)31-2-6-34(7-3-31)60(58,59)52-24-22-48(23-25-52)28-30-12-17-49(18-13-30)32-4-8-35-36(26-32)43(57)53(42(35)56)39-10-11-40(54)47-41(39)55/h2-9,26-27,30,39H,10-25,28-29H2,(H,47,54,55). The van der Waals surface area contributed by atoms with Gasteiger partial charge < -0.3 is 19.6 Å². The van der Waals surface area contributed by atoms with Gasteiger partial charge in [-0.15, -0.1) is 0 Å². The van der Waals surface area contributed by atoms with E-state index in [0.717, 1.165) is 99.9 Å². The van der Waals surface area contributed by atoms with Gasteiger partial charge in [-0.25, -0.2) is 13.3 Å². The Hall–Kier alpha value is -5.01. The van der Waals surface area contributed by atoms with Crippen LogP contribution in [0.2, 0.25) is 5.02 Å². The van der Waals surface area contributed by atoms with E-state index in [-0.39, 0.29) is 29.4 Å². The fourth-order valence-electron chi connectivity index (χ4n) is 10.1. The van der Waals surface area contributed by atoms with Gasteiger partial charge in [0.1, 0.15) is 6.04 Å². The summed E-state index contributed by atoms with van der Waals surface area (Å²) >= 11 is 6.33. The number of rotatable bonds is 8. The second-order valence-corrected chi connectivity index (χ2v) is 19.6. The Morgan fingerprint density at radius 3 is 2.00 bits per heavy atom. The van der Waals surface area contributed by atoms with E-state index in [1.165, 1.54) is 0 Å². The molecule has 4 amide bonds. The lowest BCUT2D eigenvalue weighted by Gasteiger charge is -2.40. The maximum absolute atomic E-state index is 13.7. The van der Waals surface area contributed by atoms with E-state index >= 15 is 0 Å². The molecule has 1 N–H and O–H groups in total. The highest BCUT2D eigenvalue weighted by Gasteiger charge is 2.45. The zero-order valence-corrected chi connectivity index (χ0v) is 35.1. The molecule has 1 atom stereocenters. The molecule has 5 fully saturated rings. The van der Waals surface area contributed by atoms with E-state index < -0.39 is 39.7 Å². The van der Waals surface area contributed by atoms with Crippen LogP contribution in [0.4, 0.5) is 22.7 Å². The van der Waals surface area contributed by atoms with Crippen LogP contribution in [0.3, 0.4) is 0 Å². The van der Waals surface area contributed by atoms with Gasteiger partial charge in [-0.2, -0.15) is 4.31 Å². The number of anilines is 3. The smallest absolute Gasteiger partial charge is 0.262 e. The number of hydrogen-bond acceptors (Lipinski definition) is 10. The second kappa shape index (κ2) is 16.1. The van der Waals surface area contributed by atoms with E-state index in [9.17, 15) is 27.6 Å². The molecule has 0 saturated carbocycles. The molecule has 3 aromatic carbocycles. The van der Waals surface area contributed by atoms with Crippen molar-refractivity contribution in [1.82, 2.24) is 19.4 Å². The highest BCUT2D eigenvalue weighted by molar-refractivity contribution is 7.89. The first kappa shape index (κ1) is 40.4. The Bertz CT molecular complexity index is 2360. The lowest BCUT2D eigenvalue weighted by Crippen LogP contribution is -2.54. The first-order valence-corrected chi connectivity index (χ1v) is 22.8. The van der Waals surface area contributed by atoms with Crippen LogP contribution < -0.4 is 20.0 Å². The normalized spacial score (nSPS) is 23.0. The number of halogens is 1. The number of imide groups is 2. The number of hydrogen-bond donors (Lipinski definition) is 1. The van der Waals surface area contributed by atoms with E-state index in [2.05, 4.69) is 29.8 Å². The quantitative estimate of drug-likeness (QED) is 0.243. The summed E-state index contributed by atoms with van der Waals surface area (Å²) in [4.78, 5) is 64.7. The van der Waals surface area contributed by atoms with Crippen molar-refractivity contribution in [2.24, 2.45) is 11.3 Å². The van der Waals surface area contributed by atoms with Gasteiger partial charge in [0.05, 0.1) is 22.6 Å². The summed E-state index contributed by atoms with van der Waals surface area (Å²) in [7, 11) is -3.62. The van der Waals surface area contributed by atoms with Gasteiger partial charge in [0.15, 0.2) is 0 Å². The molecule has 6 aliphatic rings. The number of nitrogens with zero attached hydrogens (tertiary/aromatic N) is 7. The fourth-order valence-corrected chi connectivity index (χ4v) is 11.8. The molecule has 6 heterocycles. The first-order valence-electron chi connectivity index (χ1n) is 21.0. The molecular weight excluding hydrogens is 804 g/mol. The Labute approximate surface area is 355 Å². The predicted octanol–water partition coefficient (Wildman–Crippen LogP) is 5.01. The Kier molecular flexibility index (Phi) is 10.9. The van der Waals surface area contributed by atoms with E-state index in [4.69, 9.17) is 18.2 Å². The van der Waals surface area contributed by atoms with Gasteiger partial charge in [0.2, 0.25) is 27.5 Å². The Morgan fingerprint density at radius 2 is 1.33 bits per heavy atom. The van der Waals surface area contributed by atoms with Gasteiger partial charge in [0, 0.05) is 100 Å². The van der Waals surface area contributed by atoms with E-state index in [1.54, 1.807) is 34.6 Å². The Balaban J connectivity index is 0.727. The van der Waals surface area contributed by atoms with Crippen molar-refractivity contribution in [2.75, 3.05) is 86.7 Å². The molecule has 0 aromatic heterocycles. The fraction of sp³-hybridized carbons (Fsp3) is 0.477. The van der Waals surface area contributed by atoms with Gasteiger partial charge in [-0.1, -0.05) is 17.7 Å². The summed E-state index contributed by atoms with van der Waals surface area (Å²) in [5.74, 6) is -1.57. The second-order valence-electron chi connectivity index (χ2n) is 17.2. The number of piperazine rings is 1. The predicted molar refractivity (Wildman–Crippen MR) is 228 cm³/mol. The molecule has 6 aliphatic heterocycles. The van der Waals surface area contributed by atoms with Gasteiger partial charge >= 0.3 is 0 Å². The molecule has 5 saturated heterocycles. The number of benzene rings is 3. The summed E-state index contributed by atoms with van der Waals surface area (Å²) < 4.78 is 29.1. The number of nitrogens with one attached hydrogen (secondary N) is 1. The zero-order valence-electron chi connectivity index (χ0n) is 33.5. The van der Waals surface area contributed by atoms with Gasteiger partial charge in [-0.3, -0.25) is 29.4 Å². The zero-order chi connectivity index (χ0) is 41.8. The first-order chi connectivity index (χ1) is 28.9. The van der Waals surface area contributed by atoms with Crippen LogP contribution in [0.25, 0.3) is 4.85 Å². The van der Waals surface area contributed by atoms with Crippen LogP contribution in [-0.2, 0) is 19.6 Å². The van der Waals surface area contributed by atoms with Crippen LogP contribution in [0, 0.1) is 17.9 Å². The van der Waals surface area contributed by atoms with Crippen molar-refractivity contribution in [1.29, 1.82) is 0 Å². The van der Waals surface area contributed by atoms with Crippen LogP contribution in [0.5, 0.6) is 0 Å². The molecule has 0 radical (unpaired) electrons. The van der Waals surface area contributed by atoms with Crippen LogP contribution in [0.1, 0.15) is 65.7 Å². The highest BCUT2D eigenvalue weighted by atomic mass is 35.5. The molecule has 14 nitrogen and oxygen atoms in total. The average Bonchev–Trinajstić information content (AvgIpc) is 3.78. The SMILES string of the molecule is [C-]#[N+]c1ccc(N2CCC3(CCN(c4ccc(S(=O)(=O)N5CCN(CC6CCN(c7ccc8c(c7)C(=O)N(C7CCC(=O)NC7=O)C8=O)CC6)CC5)cc4)CC3)C2)cc1Cl. The third kappa shape index (κ3) is 7.63. The van der Waals surface area contributed by atoms with E-state index in [0.29, 0.717) is 47.7 Å². The molecule has 3 aromatic rings. The van der Waals surface area contributed by atoms with Crippen LogP contribution in [0.15, 0.2) is 65.6 Å². The summed E-state index contributed by atoms with van der Waals surface area (Å²) in [5.41, 5.74) is 4.26. The number of amides is 4. The molecule has 0 aliphatic carbocycles. The van der Waals surface area contributed by atoms with Crippen LogP contribution >= 0.6 is 11.6 Å². The number of fused-ring (bicyclic) bond motifs is 1.